The number of Topliss-reactive ketones (excluding diaryl/α,β-unsaturated/α-hetero) is 1. The van der Waals surface area contributed by atoms with Crippen molar-refractivity contribution in [2.75, 3.05) is 6.61 Å². The van der Waals surface area contributed by atoms with Crippen LogP contribution < -0.4 is 4.74 Å². The number of hydrogen-bond acceptors (Lipinski definition) is 7. The van der Waals surface area contributed by atoms with E-state index >= 15 is 0 Å². The molecule has 7 nitrogen and oxygen atoms in total. The molecule has 0 aliphatic heterocycles. The van der Waals surface area contributed by atoms with Crippen LogP contribution in [0.1, 0.15) is 69.9 Å². The van der Waals surface area contributed by atoms with Gasteiger partial charge in [0, 0.05) is 29.2 Å². The minimum absolute atomic E-state index is 0.0149. The summed E-state index contributed by atoms with van der Waals surface area (Å²) in [7, 11) is 0. The first-order chi connectivity index (χ1) is 11.8. The molecule has 0 radical (unpaired) electrons. The molecule has 1 aromatic heterocycles. The molecule has 1 heterocycles. The zero-order valence-electron chi connectivity index (χ0n) is 14.9. The van der Waals surface area contributed by atoms with Gasteiger partial charge in [0.05, 0.1) is 6.61 Å². The molecule has 0 N–H and O–H groups in total. The van der Waals surface area contributed by atoms with Gasteiger partial charge in [-0.1, -0.05) is 33.1 Å². The number of rotatable bonds is 8. The van der Waals surface area contributed by atoms with E-state index < -0.39 is 11.3 Å². The van der Waals surface area contributed by atoms with Crippen LogP contribution in [0, 0.1) is 10.3 Å². The van der Waals surface area contributed by atoms with E-state index in [1.807, 2.05) is 0 Å². The topological polar surface area (TPSA) is 98.8 Å². The molecule has 0 atom stereocenters. The summed E-state index contributed by atoms with van der Waals surface area (Å²) in [6.45, 7) is 5.20. The van der Waals surface area contributed by atoms with Gasteiger partial charge >= 0.3 is 0 Å². The molecular weight excluding hydrogens is 344 g/mol. The molecule has 2 rings (SSSR count). The molecule has 8 heteroatoms. The maximum atomic E-state index is 11.8. The highest BCUT2D eigenvalue weighted by Gasteiger charge is 2.29. The number of nitroso groups, excluding NO2 is 1. The number of thioether (sulfide) groups is 1. The largest absolute Gasteiger partial charge is 0.474 e. The Kier molecular flexibility index (Phi) is 6.75. The van der Waals surface area contributed by atoms with E-state index in [2.05, 4.69) is 10.3 Å². The Morgan fingerprint density at radius 2 is 2.00 bits per heavy atom. The third-order valence-corrected chi connectivity index (χ3v) is 5.51. The van der Waals surface area contributed by atoms with Gasteiger partial charge in [0.15, 0.2) is 5.78 Å². The van der Waals surface area contributed by atoms with Gasteiger partial charge in [-0.2, -0.15) is 0 Å². The van der Waals surface area contributed by atoms with Crippen molar-refractivity contribution in [2.24, 2.45) is 10.6 Å². The molecule has 1 aromatic rings. The van der Waals surface area contributed by atoms with Crippen molar-refractivity contribution < 1.29 is 18.8 Å². The van der Waals surface area contributed by atoms with E-state index in [9.17, 15) is 14.5 Å². The average molecular weight is 368 g/mol. The highest BCUT2D eigenvalue weighted by atomic mass is 32.2. The fourth-order valence-electron chi connectivity index (χ4n) is 2.79. The number of carbonyl (C=O) groups is 2. The fraction of sp³-hybridized carbons (Fsp3) is 0.706. The van der Waals surface area contributed by atoms with Crippen molar-refractivity contribution in [1.29, 1.82) is 0 Å². The summed E-state index contributed by atoms with van der Waals surface area (Å²) in [6, 6.07) is 0. The molecule has 0 unspecified atom stereocenters. The van der Waals surface area contributed by atoms with Crippen LogP contribution >= 0.6 is 11.8 Å². The lowest BCUT2D eigenvalue weighted by Gasteiger charge is -2.23. The second-order valence-corrected chi connectivity index (χ2v) is 8.51. The van der Waals surface area contributed by atoms with Crippen LogP contribution in [0.3, 0.4) is 0 Å². The zero-order valence-corrected chi connectivity index (χ0v) is 15.7. The Balaban J connectivity index is 2.10. The molecule has 1 fully saturated rings. The highest BCUT2D eigenvalue weighted by molar-refractivity contribution is 8.00. The van der Waals surface area contributed by atoms with Gasteiger partial charge in [-0.25, -0.2) is 0 Å². The lowest BCUT2D eigenvalue weighted by molar-refractivity contribution is -0.120. The van der Waals surface area contributed by atoms with Crippen LogP contribution in [-0.2, 0) is 4.79 Å². The molecule has 1 aliphatic carbocycles. The highest BCUT2D eigenvalue weighted by Crippen LogP contribution is 2.40. The smallest absolute Gasteiger partial charge is 0.287 e. The number of hydrogen-bond donors (Lipinski definition) is 0. The van der Waals surface area contributed by atoms with Gasteiger partial charge in [-0.15, -0.1) is 16.7 Å². The van der Waals surface area contributed by atoms with E-state index in [1.54, 1.807) is 25.6 Å². The van der Waals surface area contributed by atoms with Crippen LogP contribution in [0.5, 0.6) is 5.88 Å². The van der Waals surface area contributed by atoms with Gasteiger partial charge in [0.2, 0.25) is 5.76 Å². The van der Waals surface area contributed by atoms with Crippen LogP contribution in [-0.4, -0.2) is 28.7 Å². The lowest BCUT2D eigenvalue weighted by Crippen LogP contribution is -2.24. The van der Waals surface area contributed by atoms with Crippen molar-refractivity contribution in [3.8, 4) is 5.88 Å². The van der Waals surface area contributed by atoms with E-state index in [4.69, 9.17) is 9.26 Å². The van der Waals surface area contributed by atoms with Crippen LogP contribution in [0.15, 0.2) is 14.6 Å². The van der Waals surface area contributed by atoms with Gasteiger partial charge in [0.25, 0.3) is 11.8 Å². The molecule has 0 spiro atoms. The normalized spacial score (nSPS) is 15.8. The summed E-state index contributed by atoms with van der Waals surface area (Å²) >= 11 is 1.58. The summed E-state index contributed by atoms with van der Waals surface area (Å²) in [5.74, 6) is -0.412. The quantitative estimate of drug-likeness (QED) is 0.495. The Hall–Kier alpha value is -1.70. The predicted octanol–water partition coefficient (Wildman–Crippen LogP) is 4.39. The lowest BCUT2D eigenvalue weighted by atomic mass is 9.90. The molecule has 25 heavy (non-hydrogen) atoms. The standard InChI is InChI=1S/C17H24N2O5S/c1-11(20)14-15(25-12-7-5-4-6-8-12)16(19-24-14)23-10-17(2,3)9-13(21)18-22/h12H,4-10H2,1-3H3. The summed E-state index contributed by atoms with van der Waals surface area (Å²) in [4.78, 5) is 34.0. The van der Waals surface area contributed by atoms with Gasteiger partial charge < -0.3 is 9.26 Å². The first-order valence-corrected chi connectivity index (χ1v) is 9.36. The van der Waals surface area contributed by atoms with Crippen LogP contribution in [0.4, 0.5) is 0 Å². The zero-order chi connectivity index (χ0) is 18.4. The van der Waals surface area contributed by atoms with Crippen molar-refractivity contribution in [3.05, 3.63) is 10.7 Å². The molecule has 1 amide bonds. The third kappa shape index (κ3) is 5.66. The molecule has 0 aromatic carbocycles. The van der Waals surface area contributed by atoms with E-state index in [-0.39, 0.29) is 30.5 Å². The molecule has 0 bridgehead atoms. The number of aromatic nitrogens is 1. The Morgan fingerprint density at radius 1 is 1.32 bits per heavy atom. The molecule has 1 saturated carbocycles. The summed E-state index contributed by atoms with van der Waals surface area (Å²) in [5.41, 5.74) is -0.576. The Labute approximate surface area is 151 Å². The van der Waals surface area contributed by atoms with E-state index in [0.717, 1.165) is 12.8 Å². The van der Waals surface area contributed by atoms with Gasteiger partial charge in [-0.05, 0) is 18.0 Å². The van der Waals surface area contributed by atoms with Crippen molar-refractivity contribution >= 4 is 23.5 Å². The molecular formula is C17H24N2O5S. The molecule has 0 saturated heterocycles. The monoisotopic (exact) mass is 368 g/mol. The first kappa shape index (κ1) is 19.6. The van der Waals surface area contributed by atoms with Crippen molar-refractivity contribution in [3.63, 3.8) is 0 Å². The molecule has 1 aliphatic rings. The number of carbonyl (C=O) groups excluding carboxylic acids is 2. The predicted molar refractivity (Wildman–Crippen MR) is 93.9 cm³/mol. The van der Waals surface area contributed by atoms with Crippen molar-refractivity contribution in [2.45, 2.75) is 69.4 Å². The number of ether oxygens (including phenoxy) is 1. The Bertz CT molecular complexity index is 635. The van der Waals surface area contributed by atoms with Gasteiger partial charge in [0.1, 0.15) is 4.90 Å². The first-order valence-electron chi connectivity index (χ1n) is 8.48. The maximum absolute atomic E-state index is 11.8. The van der Waals surface area contributed by atoms with Crippen molar-refractivity contribution in [1.82, 2.24) is 5.16 Å². The van der Waals surface area contributed by atoms with Gasteiger partial charge in [-0.3, -0.25) is 9.59 Å². The number of ketones is 1. The average Bonchev–Trinajstić information content (AvgIpc) is 2.96. The minimum atomic E-state index is -0.713. The minimum Gasteiger partial charge on any atom is -0.474 e. The number of nitrogens with zero attached hydrogens (tertiary/aromatic N) is 2. The van der Waals surface area contributed by atoms with Crippen LogP contribution in [0.2, 0.25) is 0 Å². The second-order valence-electron chi connectivity index (χ2n) is 7.19. The summed E-state index contributed by atoms with van der Waals surface area (Å²) in [6.07, 6.45) is 5.79. The van der Waals surface area contributed by atoms with Crippen LogP contribution in [0.25, 0.3) is 0 Å². The number of amides is 1. The summed E-state index contributed by atoms with van der Waals surface area (Å²) < 4.78 is 10.9. The maximum Gasteiger partial charge on any atom is 0.287 e. The Morgan fingerprint density at radius 3 is 2.60 bits per heavy atom. The SMILES string of the molecule is CC(=O)c1onc(OCC(C)(C)CC(=O)N=O)c1SC1CCCCC1. The summed E-state index contributed by atoms with van der Waals surface area (Å²) in [5, 5.41) is 6.74. The van der Waals surface area contributed by atoms with E-state index in [1.165, 1.54) is 26.2 Å². The molecule has 138 valence electrons. The second kappa shape index (κ2) is 8.60. The third-order valence-electron chi connectivity index (χ3n) is 4.11. The van der Waals surface area contributed by atoms with E-state index in [0.29, 0.717) is 10.1 Å². The fourth-order valence-corrected chi connectivity index (χ4v) is 4.18.